The number of rotatable bonds is 4. The van der Waals surface area contributed by atoms with Gasteiger partial charge in [0.2, 0.25) is 0 Å². The third-order valence-corrected chi connectivity index (χ3v) is 3.98. The molecule has 0 saturated carbocycles. The number of hydrogen-bond acceptors (Lipinski definition) is 3. The van der Waals surface area contributed by atoms with Gasteiger partial charge in [-0.05, 0) is 42.3 Å². The molecule has 2 N–H and O–H groups in total. The number of thioether (sulfide) groups is 1. The Morgan fingerprint density at radius 2 is 2.00 bits per heavy atom. The van der Waals surface area contributed by atoms with E-state index < -0.39 is 0 Å². The number of anilines is 1. The quantitative estimate of drug-likeness (QED) is 0.677. The molecular formula is C15H16FNOS. The number of halogens is 1. The third-order valence-electron chi connectivity index (χ3n) is 2.88. The van der Waals surface area contributed by atoms with E-state index in [1.54, 1.807) is 31.0 Å². The second-order valence-electron chi connectivity index (χ2n) is 4.27. The van der Waals surface area contributed by atoms with Gasteiger partial charge >= 0.3 is 0 Å². The van der Waals surface area contributed by atoms with Crippen LogP contribution in [0.25, 0.3) is 0 Å². The van der Waals surface area contributed by atoms with E-state index in [1.807, 2.05) is 25.1 Å². The van der Waals surface area contributed by atoms with E-state index in [4.69, 9.17) is 10.5 Å². The predicted molar refractivity (Wildman–Crippen MR) is 78.1 cm³/mol. The summed E-state index contributed by atoms with van der Waals surface area (Å²) in [5.74, 6) is 1.34. The van der Waals surface area contributed by atoms with E-state index in [1.165, 1.54) is 6.07 Å². The highest BCUT2D eigenvalue weighted by molar-refractivity contribution is 7.98. The van der Waals surface area contributed by atoms with Crippen molar-refractivity contribution in [2.45, 2.75) is 17.6 Å². The molecule has 19 heavy (non-hydrogen) atoms. The normalized spacial score (nSPS) is 10.5. The maximum atomic E-state index is 13.0. The molecule has 0 heterocycles. The molecule has 0 fully saturated rings. The van der Waals surface area contributed by atoms with Crippen molar-refractivity contribution < 1.29 is 9.13 Å². The second kappa shape index (κ2) is 5.97. The Labute approximate surface area is 116 Å². The first-order valence-corrected chi connectivity index (χ1v) is 6.90. The Kier molecular flexibility index (Phi) is 4.32. The van der Waals surface area contributed by atoms with Gasteiger partial charge in [0.15, 0.2) is 0 Å². The number of hydrogen-bond donors (Lipinski definition) is 1. The molecule has 4 heteroatoms. The van der Waals surface area contributed by atoms with Crippen LogP contribution in [-0.4, -0.2) is 7.11 Å². The Morgan fingerprint density at radius 3 is 2.68 bits per heavy atom. The summed E-state index contributed by atoms with van der Waals surface area (Å²) in [4.78, 5) is 1.03. The fourth-order valence-corrected chi connectivity index (χ4v) is 2.86. The van der Waals surface area contributed by atoms with Crippen LogP contribution in [-0.2, 0) is 5.75 Å². The molecule has 0 spiro atoms. The number of nitrogens with two attached hydrogens (primary N) is 1. The minimum atomic E-state index is -0.198. The lowest BCUT2D eigenvalue weighted by Gasteiger charge is -2.10. The highest BCUT2D eigenvalue weighted by Crippen LogP contribution is 2.33. The van der Waals surface area contributed by atoms with Gasteiger partial charge in [0, 0.05) is 22.4 Å². The molecule has 2 nitrogen and oxygen atoms in total. The third kappa shape index (κ3) is 3.41. The second-order valence-corrected chi connectivity index (χ2v) is 5.29. The van der Waals surface area contributed by atoms with E-state index in [-0.39, 0.29) is 5.82 Å². The van der Waals surface area contributed by atoms with Gasteiger partial charge in [0.25, 0.3) is 0 Å². The zero-order chi connectivity index (χ0) is 13.8. The van der Waals surface area contributed by atoms with Gasteiger partial charge < -0.3 is 10.5 Å². The summed E-state index contributed by atoms with van der Waals surface area (Å²) in [6.45, 7) is 1.92. The SMILES string of the molecule is COc1cc(N)ccc1SCc1ccc(F)cc1C. The number of ether oxygens (including phenoxy) is 1. The molecule has 0 unspecified atom stereocenters. The molecule has 0 atom stereocenters. The largest absolute Gasteiger partial charge is 0.496 e. The molecule has 0 bridgehead atoms. The van der Waals surface area contributed by atoms with Gasteiger partial charge in [0.05, 0.1) is 7.11 Å². The highest BCUT2D eigenvalue weighted by Gasteiger charge is 2.06. The molecular weight excluding hydrogens is 261 g/mol. The van der Waals surface area contributed by atoms with Crippen molar-refractivity contribution in [2.75, 3.05) is 12.8 Å². The van der Waals surface area contributed by atoms with Gasteiger partial charge in [-0.25, -0.2) is 4.39 Å². The Bertz CT molecular complexity index is 586. The number of aryl methyl sites for hydroxylation is 1. The van der Waals surface area contributed by atoms with Crippen LogP contribution >= 0.6 is 11.8 Å². The molecule has 2 aromatic carbocycles. The van der Waals surface area contributed by atoms with Crippen molar-refractivity contribution in [1.29, 1.82) is 0 Å². The fraction of sp³-hybridized carbons (Fsp3) is 0.200. The molecule has 0 amide bonds. The first kappa shape index (κ1) is 13.7. The summed E-state index contributed by atoms with van der Waals surface area (Å²) < 4.78 is 18.3. The Balaban J connectivity index is 2.14. The maximum absolute atomic E-state index is 13.0. The van der Waals surface area contributed by atoms with Crippen LogP contribution in [0, 0.1) is 12.7 Å². The lowest BCUT2D eigenvalue weighted by atomic mass is 10.1. The lowest BCUT2D eigenvalue weighted by Crippen LogP contribution is -1.92. The highest BCUT2D eigenvalue weighted by atomic mass is 32.2. The number of nitrogen functional groups attached to an aromatic ring is 1. The molecule has 0 aliphatic heterocycles. The molecule has 0 aromatic heterocycles. The minimum absolute atomic E-state index is 0.198. The van der Waals surface area contributed by atoms with Crippen LogP contribution in [0.3, 0.4) is 0 Å². The van der Waals surface area contributed by atoms with E-state index in [0.717, 1.165) is 27.5 Å². The molecule has 0 aliphatic rings. The summed E-state index contributed by atoms with van der Waals surface area (Å²) in [5.41, 5.74) is 8.48. The average Bonchev–Trinajstić information content (AvgIpc) is 2.39. The summed E-state index contributed by atoms with van der Waals surface area (Å²) in [6, 6.07) is 10.5. The van der Waals surface area contributed by atoms with Crippen LogP contribution in [0.4, 0.5) is 10.1 Å². The van der Waals surface area contributed by atoms with Gasteiger partial charge in [-0.1, -0.05) is 6.07 Å². The van der Waals surface area contributed by atoms with Crippen molar-refractivity contribution in [3.8, 4) is 5.75 Å². The molecule has 0 radical (unpaired) electrons. The zero-order valence-corrected chi connectivity index (χ0v) is 11.8. The first-order valence-electron chi connectivity index (χ1n) is 5.91. The van der Waals surface area contributed by atoms with Gasteiger partial charge in [-0.2, -0.15) is 0 Å². The van der Waals surface area contributed by atoms with Crippen molar-refractivity contribution in [1.82, 2.24) is 0 Å². The van der Waals surface area contributed by atoms with E-state index in [2.05, 4.69) is 0 Å². The molecule has 0 aliphatic carbocycles. The maximum Gasteiger partial charge on any atom is 0.134 e. The van der Waals surface area contributed by atoms with Gasteiger partial charge in [0.1, 0.15) is 11.6 Å². The van der Waals surface area contributed by atoms with Crippen LogP contribution in [0.15, 0.2) is 41.3 Å². The number of benzene rings is 2. The lowest BCUT2D eigenvalue weighted by molar-refractivity contribution is 0.405. The van der Waals surface area contributed by atoms with Crippen molar-refractivity contribution in [3.05, 3.63) is 53.3 Å². The van der Waals surface area contributed by atoms with E-state index in [9.17, 15) is 4.39 Å². The fourth-order valence-electron chi connectivity index (χ4n) is 1.78. The minimum Gasteiger partial charge on any atom is -0.496 e. The summed E-state index contributed by atoms with van der Waals surface area (Å²) >= 11 is 1.65. The summed E-state index contributed by atoms with van der Waals surface area (Å²) in [6.07, 6.45) is 0. The molecule has 100 valence electrons. The van der Waals surface area contributed by atoms with Crippen LogP contribution in [0.2, 0.25) is 0 Å². The monoisotopic (exact) mass is 277 g/mol. The smallest absolute Gasteiger partial charge is 0.134 e. The summed E-state index contributed by atoms with van der Waals surface area (Å²) in [7, 11) is 1.63. The van der Waals surface area contributed by atoms with Crippen molar-refractivity contribution >= 4 is 17.4 Å². The molecule has 0 saturated heterocycles. The van der Waals surface area contributed by atoms with Gasteiger partial charge in [-0.15, -0.1) is 11.8 Å². The number of methoxy groups -OCH3 is 1. The standard InChI is InChI=1S/C15H16FNOS/c1-10-7-12(16)4-3-11(10)9-19-15-6-5-13(17)8-14(15)18-2/h3-8H,9,17H2,1-2H3. The molecule has 2 aromatic rings. The van der Waals surface area contributed by atoms with E-state index in [0.29, 0.717) is 5.69 Å². The summed E-state index contributed by atoms with van der Waals surface area (Å²) in [5, 5.41) is 0. The van der Waals surface area contributed by atoms with Crippen LogP contribution in [0.5, 0.6) is 5.75 Å². The van der Waals surface area contributed by atoms with Crippen LogP contribution < -0.4 is 10.5 Å². The molecule has 2 rings (SSSR count). The van der Waals surface area contributed by atoms with Crippen molar-refractivity contribution in [3.63, 3.8) is 0 Å². The van der Waals surface area contributed by atoms with Crippen LogP contribution in [0.1, 0.15) is 11.1 Å². The van der Waals surface area contributed by atoms with Gasteiger partial charge in [-0.3, -0.25) is 0 Å². The zero-order valence-electron chi connectivity index (χ0n) is 10.9. The predicted octanol–water partition coefficient (Wildman–Crippen LogP) is 4.02. The average molecular weight is 277 g/mol. The Hall–Kier alpha value is -1.68. The van der Waals surface area contributed by atoms with Crippen molar-refractivity contribution in [2.24, 2.45) is 0 Å². The first-order chi connectivity index (χ1) is 9.10. The Morgan fingerprint density at radius 1 is 1.21 bits per heavy atom. The topological polar surface area (TPSA) is 35.2 Å². The van der Waals surface area contributed by atoms with E-state index >= 15 is 0 Å².